The normalized spacial score (nSPS) is 20.4. The maximum Gasteiger partial charge on any atom is 0.192 e. The van der Waals surface area contributed by atoms with Crippen LogP contribution >= 0.6 is 26.9 Å². The van der Waals surface area contributed by atoms with Gasteiger partial charge in [0.1, 0.15) is 7.14 Å². The van der Waals surface area contributed by atoms with Crippen LogP contribution in [0.2, 0.25) is 72.5 Å². The second-order valence-corrected chi connectivity index (χ2v) is 51.7. The minimum atomic E-state index is -2.87. The Kier molecular flexibility index (Phi) is 24.3. The van der Waals surface area contributed by atoms with E-state index in [1.54, 1.807) is 0 Å². The van der Waals surface area contributed by atoms with Crippen molar-refractivity contribution >= 4 is 81.4 Å². The summed E-state index contributed by atoms with van der Waals surface area (Å²) in [5.74, 6) is 0.508. The summed E-state index contributed by atoms with van der Waals surface area (Å²) in [5.41, 5.74) is 4.49. The summed E-state index contributed by atoms with van der Waals surface area (Å²) in [5, 5.41) is 4.36. The van der Waals surface area contributed by atoms with Crippen LogP contribution in [0, 0.1) is 0 Å². The molecule has 0 bridgehead atoms. The average Bonchev–Trinajstić information content (AvgIpc) is 3.35. The fraction of sp³-hybridized carbons (Fsp3) is 0.515. The van der Waals surface area contributed by atoms with Gasteiger partial charge in [0.2, 0.25) is 0 Å². The number of alkyl halides is 1. The van der Waals surface area contributed by atoms with Crippen LogP contribution in [0.4, 0.5) is 0 Å². The van der Waals surface area contributed by atoms with Gasteiger partial charge < -0.3 is 27.2 Å². The van der Waals surface area contributed by atoms with E-state index in [-0.39, 0.29) is 44.6 Å². The van der Waals surface area contributed by atoms with E-state index in [0.29, 0.717) is 12.0 Å². The van der Waals surface area contributed by atoms with Crippen molar-refractivity contribution in [2.75, 3.05) is 12.0 Å². The Balaban J connectivity index is 0.000000286. The van der Waals surface area contributed by atoms with Gasteiger partial charge in [-0.05, 0) is 108 Å². The zero-order chi connectivity index (χ0) is 59.6. The molecule has 0 saturated heterocycles. The Morgan fingerprint density at radius 1 is 0.506 bits per heavy atom. The lowest BCUT2D eigenvalue weighted by molar-refractivity contribution is 0.0964. The smallest absolute Gasteiger partial charge is 0.192 e. The summed E-state index contributed by atoms with van der Waals surface area (Å²) in [6.45, 7) is 54.9. The summed E-state index contributed by atoms with van der Waals surface area (Å²) in [6, 6.07) is 39.4. The minimum absolute atomic E-state index is 0.0360. The third-order valence-electron chi connectivity index (χ3n) is 17.7. The van der Waals surface area contributed by atoms with E-state index in [4.69, 9.17) is 29.3 Å². The highest BCUT2D eigenvalue weighted by molar-refractivity contribution is 7.78. The summed E-state index contributed by atoms with van der Waals surface area (Å²) < 4.78 is 42.2. The summed E-state index contributed by atoms with van der Waals surface area (Å²) in [6.07, 6.45) is 8.33. The van der Waals surface area contributed by atoms with Crippen LogP contribution in [0.25, 0.3) is 0 Å². The topological polar surface area (TPSA) is 74.2 Å². The van der Waals surface area contributed by atoms with Crippen molar-refractivity contribution < 1.29 is 27.2 Å². The first-order valence-electron chi connectivity index (χ1n) is 28.6. The van der Waals surface area contributed by atoms with Crippen molar-refractivity contribution in [3.05, 3.63) is 169 Å². The first-order chi connectivity index (χ1) is 36.3. The molecule has 0 radical (unpaired) electrons. The molecule has 1 N–H and O–H groups in total. The molecule has 0 amide bonds. The fourth-order valence-corrected chi connectivity index (χ4v) is 17.7. The molecule has 2 aliphatic carbocycles. The highest BCUT2D eigenvalue weighted by Gasteiger charge is 2.47. The fourth-order valence-electron chi connectivity index (χ4n) is 8.51. The molecule has 2 fully saturated rings. The molecule has 0 aromatic heterocycles. The zero-order valence-corrected chi connectivity index (χ0v) is 59.0. The summed E-state index contributed by atoms with van der Waals surface area (Å²) in [4.78, 5) is 10.1. The van der Waals surface area contributed by atoms with Crippen LogP contribution in [0.3, 0.4) is 0 Å². The van der Waals surface area contributed by atoms with Gasteiger partial charge in [-0.3, -0.25) is 0 Å². The average molecular weight is 1200 g/mol. The van der Waals surface area contributed by atoms with Gasteiger partial charge in [0.05, 0.1) is 32.6 Å². The monoisotopic (exact) mass is 1200 g/mol. The van der Waals surface area contributed by atoms with Crippen LogP contribution < -0.4 is 21.2 Å². The van der Waals surface area contributed by atoms with Gasteiger partial charge in [-0.2, -0.15) is 0 Å². The second kappa shape index (κ2) is 27.9. The van der Waals surface area contributed by atoms with Crippen molar-refractivity contribution in [2.45, 2.75) is 206 Å². The Labute approximate surface area is 492 Å². The van der Waals surface area contributed by atoms with Gasteiger partial charge in [0, 0.05) is 46.1 Å². The molecule has 2 saturated carbocycles. The van der Waals surface area contributed by atoms with Gasteiger partial charge >= 0.3 is 0 Å². The van der Waals surface area contributed by atoms with E-state index >= 15 is 0 Å². The number of halogens is 1. The number of allylic oxidation sites excluding steroid dienone is 2. The lowest BCUT2D eigenvalue weighted by Gasteiger charge is -2.45. The number of hydrogen-bond donors (Lipinski definition) is 1. The second-order valence-electron chi connectivity index (χ2n) is 27.9. The molecule has 0 unspecified atom stereocenters. The van der Waals surface area contributed by atoms with E-state index in [0.717, 1.165) is 63.6 Å². The Bertz CT molecular complexity index is 2600. The SMILES string of the molecule is C=C1/C(=C\CCl)C[C@@H](O[Si](C)(C)C(C)(C)C)C[C@@H]1O[Si](C)(C)C(C)(C)C.C=C1/C(=C\CP(=O)(c2ccccc2)c2ccccc2)C[C@@H](O[Si](C)(C)C(C)(C)C)C[C@@H]1O[Si](C)(C)C(C)(C)C.OP(c1ccccc1)c1ccccc1. The van der Waals surface area contributed by atoms with Crippen LogP contribution in [-0.2, 0) is 22.3 Å². The predicted octanol–water partition coefficient (Wildman–Crippen LogP) is 18.4. The number of hydrogen-bond acceptors (Lipinski definition) is 6. The standard InChI is InChI=1S/C33H51O3PSi2.C21H41ClO2Si2.C12H11OP/c1-26-27(22-23-37(34,29-18-14-12-15-19-29)30-20-16-13-17-21-30)24-28(35-38(8,9)32(2,3)4)25-31(26)36-39(10,11)33(5,6)7;1-16-17(12-13-22)14-18(23-25(8,9)20(2,3)4)15-19(16)24-26(10,11)21(5,6)7;13-14(11-7-3-1-4-8-11)12-9-5-2-6-10-12/h12-22,28,31H,1,23-25H2,2-11H3;12,18-19H,1,13-15H2,2-11H3;1-10,13H/b27-22-;17-12-;/t28-,31+;18-,19+;/m11./s1. The van der Waals surface area contributed by atoms with Crippen molar-refractivity contribution in [1.29, 1.82) is 0 Å². The van der Waals surface area contributed by atoms with Gasteiger partial charge in [-0.1, -0.05) is 230 Å². The quantitative estimate of drug-likeness (QED) is 0.0726. The van der Waals surface area contributed by atoms with Crippen LogP contribution in [-0.4, -0.2) is 74.6 Å². The van der Waals surface area contributed by atoms with Crippen molar-refractivity contribution in [1.82, 2.24) is 0 Å². The first kappa shape index (κ1) is 69.0. The number of benzene rings is 4. The molecule has 0 aliphatic heterocycles. The highest BCUT2D eigenvalue weighted by atomic mass is 35.5. The number of rotatable bonds is 15. The Morgan fingerprint density at radius 3 is 1.08 bits per heavy atom. The molecule has 4 atom stereocenters. The zero-order valence-electron chi connectivity index (χ0n) is 52.4. The molecular weight excluding hydrogens is 1100 g/mol. The van der Waals surface area contributed by atoms with E-state index in [2.05, 4.69) is 161 Å². The van der Waals surface area contributed by atoms with Gasteiger partial charge in [-0.15, -0.1) is 11.6 Å². The molecule has 0 spiro atoms. The molecule has 2 aliphatic rings. The Morgan fingerprint density at radius 2 is 0.785 bits per heavy atom. The molecular formula is C66H103ClO6P2Si4. The first-order valence-corrected chi connectivity index (χ1v) is 44.0. The van der Waals surface area contributed by atoms with Crippen molar-refractivity contribution in [2.24, 2.45) is 0 Å². The summed E-state index contributed by atoms with van der Waals surface area (Å²) in [7, 11) is -11.8. The van der Waals surface area contributed by atoms with E-state index < -0.39 is 48.6 Å². The Hall–Kier alpha value is -2.54. The van der Waals surface area contributed by atoms with Crippen LogP contribution in [0.1, 0.15) is 109 Å². The van der Waals surface area contributed by atoms with Gasteiger partial charge in [-0.25, -0.2) is 0 Å². The van der Waals surface area contributed by atoms with Gasteiger partial charge in [0.25, 0.3) is 0 Å². The lowest BCUT2D eigenvalue weighted by Crippen LogP contribution is -2.49. The summed E-state index contributed by atoms with van der Waals surface area (Å²) >= 11 is 6.03. The largest absolute Gasteiger partial charge is 0.413 e. The van der Waals surface area contributed by atoms with Crippen LogP contribution in [0.15, 0.2) is 169 Å². The molecule has 6 rings (SSSR count). The van der Waals surface area contributed by atoms with E-state index in [1.165, 1.54) is 5.57 Å². The molecule has 436 valence electrons. The predicted molar refractivity (Wildman–Crippen MR) is 358 cm³/mol. The third-order valence-corrected chi connectivity index (χ3v) is 40.5. The lowest BCUT2D eigenvalue weighted by atomic mass is 9.86. The van der Waals surface area contributed by atoms with Crippen molar-refractivity contribution in [3.63, 3.8) is 0 Å². The van der Waals surface area contributed by atoms with E-state index in [9.17, 15) is 9.46 Å². The van der Waals surface area contributed by atoms with Gasteiger partial charge in [0.15, 0.2) is 33.3 Å². The minimum Gasteiger partial charge on any atom is -0.413 e. The molecule has 79 heavy (non-hydrogen) atoms. The molecule has 6 nitrogen and oxygen atoms in total. The molecule has 0 heterocycles. The van der Waals surface area contributed by atoms with E-state index in [1.807, 2.05) is 121 Å². The maximum absolute atomic E-state index is 14.7. The third kappa shape index (κ3) is 19.0. The van der Waals surface area contributed by atoms with Crippen LogP contribution in [0.5, 0.6) is 0 Å². The molecule has 13 heteroatoms. The van der Waals surface area contributed by atoms with Crippen molar-refractivity contribution in [3.8, 4) is 0 Å². The highest BCUT2D eigenvalue weighted by Crippen LogP contribution is 2.48. The molecule has 4 aromatic rings. The molecule has 4 aromatic carbocycles. The maximum atomic E-state index is 14.7.